The number of nitrogens with one attached hydrogen (secondary N) is 1. The van der Waals surface area contributed by atoms with E-state index in [4.69, 9.17) is 14.2 Å². The second kappa shape index (κ2) is 74.1. The summed E-state index contributed by atoms with van der Waals surface area (Å²) in [4.78, 5) is 25.2. The summed E-state index contributed by atoms with van der Waals surface area (Å²) in [5, 5.41) is 54.6. The molecule has 0 aromatic rings. The zero-order chi connectivity index (χ0) is 69.4. The fourth-order valence-corrected chi connectivity index (χ4v) is 13.6. The van der Waals surface area contributed by atoms with Crippen molar-refractivity contribution >= 4 is 11.9 Å². The molecule has 1 heterocycles. The third kappa shape index (κ3) is 61.7. The Morgan fingerprint density at radius 2 is 0.667 bits per heavy atom. The summed E-state index contributed by atoms with van der Waals surface area (Å²) in [5.74, 6) is -0.164. The molecule has 6 N–H and O–H groups in total. The van der Waals surface area contributed by atoms with Gasteiger partial charge in [-0.05, 0) is 83.5 Å². The first kappa shape index (κ1) is 91.9. The van der Waals surface area contributed by atoms with E-state index in [1.807, 2.05) is 6.08 Å². The highest BCUT2D eigenvalue weighted by atomic mass is 16.7. The van der Waals surface area contributed by atoms with Gasteiger partial charge < -0.3 is 45.1 Å². The average molecular weight is 1360 g/mol. The monoisotopic (exact) mass is 1360 g/mol. The first-order valence-corrected chi connectivity index (χ1v) is 42.3. The minimum absolute atomic E-state index is 0.0101. The van der Waals surface area contributed by atoms with Crippen LogP contribution in [0.4, 0.5) is 0 Å². The van der Waals surface area contributed by atoms with Gasteiger partial charge in [0.15, 0.2) is 6.29 Å². The van der Waals surface area contributed by atoms with Crippen LogP contribution in [0.15, 0.2) is 36.5 Å². The van der Waals surface area contributed by atoms with Crippen molar-refractivity contribution in [2.75, 3.05) is 19.8 Å². The highest BCUT2D eigenvalue weighted by Crippen LogP contribution is 2.24. The third-order valence-electron chi connectivity index (χ3n) is 20.2. The third-order valence-corrected chi connectivity index (χ3v) is 20.2. The lowest BCUT2D eigenvalue weighted by molar-refractivity contribution is -0.302. The Morgan fingerprint density at radius 3 is 1.00 bits per heavy atom. The molecule has 1 rings (SSSR count). The highest BCUT2D eigenvalue weighted by molar-refractivity contribution is 5.76. The smallest absolute Gasteiger partial charge is 0.305 e. The quantitative estimate of drug-likeness (QED) is 0.0195. The van der Waals surface area contributed by atoms with E-state index in [0.29, 0.717) is 19.4 Å². The van der Waals surface area contributed by atoms with E-state index in [-0.39, 0.29) is 18.5 Å². The number of allylic oxidation sites excluding steroid dienone is 5. The van der Waals surface area contributed by atoms with E-state index in [2.05, 4.69) is 43.5 Å². The van der Waals surface area contributed by atoms with E-state index in [1.165, 1.54) is 347 Å². The van der Waals surface area contributed by atoms with Gasteiger partial charge in [-0.1, -0.05) is 371 Å². The Morgan fingerprint density at radius 1 is 0.375 bits per heavy atom. The van der Waals surface area contributed by atoms with Crippen molar-refractivity contribution in [1.29, 1.82) is 0 Å². The average Bonchev–Trinajstić information content (AvgIpc) is 0.974. The molecule has 1 aliphatic heterocycles. The number of amides is 1. The fraction of sp³-hybridized carbons (Fsp3) is 0.906. The molecule has 11 nitrogen and oxygen atoms in total. The molecule has 1 aliphatic rings. The number of ether oxygens (including phenoxy) is 3. The van der Waals surface area contributed by atoms with E-state index in [0.717, 1.165) is 57.8 Å². The summed E-state index contributed by atoms with van der Waals surface area (Å²) in [5.41, 5.74) is 0. The van der Waals surface area contributed by atoms with Crippen molar-refractivity contribution in [2.24, 2.45) is 0 Å². The van der Waals surface area contributed by atoms with Gasteiger partial charge in [0.1, 0.15) is 24.4 Å². The van der Waals surface area contributed by atoms with Gasteiger partial charge in [-0.3, -0.25) is 9.59 Å². The van der Waals surface area contributed by atoms with Crippen LogP contribution in [-0.4, -0.2) is 100 Å². The predicted molar refractivity (Wildman–Crippen MR) is 407 cm³/mol. The standard InChI is InChI=1S/C85H161NO10/c1-3-5-7-9-11-13-15-17-18-45-49-53-57-61-65-69-73-81(90)94-74-70-66-62-58-54-50-46-43-41-39-37-35-33-31-29-27-25-23-21-19-20-22-24-26-28-30-32-34-36-38-40-42-44-48-52-56-60-64-68-72-80(89)86-77(76-95-85-84(93)83(92)82(91)79(75-87)96-85)78(88)71-67-63-59-55-51-47-16-14-12-10-8-6-4-2/h18-20,45,67,71,77-79,82-85,87-88,91-93H,3-17,21-44,46-66,68-70,72-76H2,1-2H3,(H,86,89)/b20-19-,45-18-,71-67+. The van der Waals surface area contributed by atoms with Crippen LogP contribution in [0.2, 0.25) is 0 Å². The van der Waals surface area contributed by atoms with Gasteiger partial charge in [0, 0.05) is 12.8 Å². The van der Waals surface area contributed by atoms with Crippen LogP contribution in [0.3, 0.4) is 0 Å². The molecule has 7 atom stereocenters. The topological polar surface area (TPSA) is 175 Å². The van der Waals surface area contributed by atoms with Gasteiger partial charge in [0.2, 0.25) is 5.91 Å². The maximum Gasteiger partial charge on any atom is 0.305 e. The first-order chi connectivity index (χ1) is 47.2. The molecule has 0 bridgehead atoms. The van der Waals surface area contributed by atoms with Gasteiger partial charge in [0.05, 0.1) is 32.0 Å². The van der Waals surface area contributed by atoms with Crippen molar-refractivity contribution in [3.8, 4) is 0 Å². The number of rotatable bonds is 76. The number of hydrogen-bond donors (Lipinski definition) is 6. The summed E-state index contributed by atoms with van der Waals surface area (Å²) >= 11 is 0. The number of unbranched alkanes of at least 4 members (excludes halogenated alkanes) is 58. The van der Waals surface area contributed by atoms with Crippen LogP contribution in [0.25, 0.3) is 0 Å². The predicted octanol–water partition coefficient (Wildman–Crippen LogP) is 23.3. The molecular formula is C85H161NO10. The molecular weight excluding hydrogens is 1190 g/mol. The number of hydrogen-bond acceptors (Lipinski definition) is 10. The minimum Gasteiger partial charge on any atom is -0.466 e. The van der Waals surface area contributed by atoms with E-state index in [9.17, 15) is 35.1 Å². The molecule has 1 saturated heterocycles. The molecule has 96 heavy (non-hydrogen) atoms. The number of aliphatic hydroxyl groups excluding tert-OH is 5. The second-order valence-electron chi connectivity index (χ2n) is 29.5. The molecule has 0 aliphatic carbocycles. The molecule has 11 heteroatoms. The lowest BCUT2D eigenvalue weighted by Gasteiger charge is -2.40. The van der Waals surface area contributed by atoms with Crippen molar-refractivity contribution in [1.82, 2.24) is 5.32 Å². The Hall–Kier alpha value is -2.12. The highest BCUT2D eigenvalue weighted by Gasteiger charge is 2.44. The Labute approximate surface area is 594 Å². The van der Waals surface area contributed by atoms with Crippen LogP contribution in [0.5, 0.6) is 0 Å². The molecule has 0 aromatic carbocycles. The molecule has 0 saturated carbocycles. The van der Waals surface area contributed by atoms with Gasteiger partial charge in [-0.15, -0.1) is 0 Å². The largest absolute Gasteiger partial charge is 0.466 e. The van der Waals surface area contributed by atoms with E-state index < -0.39 is 49.5 Å². The normalized spacial score (nSPS) is 17.4. The number of carbonyl (C=O) groups is 2. The lowest BCUT2D eigenvalue weighted by atomic mass is 9.99. The molecule has 7 unspecified atom stereocenters. The number of carbonyl (C=O) groups excluding carboxylic acids is 2. The second-order valence-corrected chi connectivity index (χ2v) is 29.5. The zero-order valence-electron chi connectivity index (χ0n) is 63.4. The van der Waals surface area contributed by atoms with Gasteiger partial charge in [-0.2, -0.15) is 0 Å². The lowest BCUT2D eigenvalue weighted by Crippen LogP contribution is -2.60. The van der Waals surface area contributed by atoms with Crippen molar-refractivity contribution < 1.29 is 49.3 Å². The van der Waals surface area contributed by atoms with Crippen LogP contribution < -0.4 is 5.32 Å². The van der Waals surface area contributed by atoms with Gasteiger partial charge in [-0.25, -0.2) is 0 Å². The summed E-state index contributed by atoms with van der Waals surface area (Å²) in [7, 11) is 0. The van der Waals surface area contributed by atoms with Crippen LogP contribution in [0.1, 0.15) is 431 Å². The Bertz CT molecular complexity index is 1690. The molecule has 0 spiro atoms. The number of esters is 1. The maximum atomic E-state index is 13.1. The van der Waals surface area contributed by atoms with E-state index in [1.54, 1.807) is 6.08 Å². The zero-order valence-corrected chi connectivity index (χ0v) is 63.4. The Kier molecular flexibility index (Phi) is 70.9. The van der Waals surface area contributed by atoms with Gasteiger partial charge in [0.25, 0.3) is 0 Å². The molecule has 1 amide bonds. The van der Waals surface area contributed by atoms with E-state index >= 15 is 0 Å². The summed E-state index contributed by atoms with van der Waals surface area (Å²) in [6, 6.07) is -0.807. The van der Waals surface area contributed by atoms with Crippen LogP contribution in [0, 0.1) is 0 Å². The van der Waals surface area contributed by atoms with Crippen molar-refractivity contribution in [3.63, 3.8) is 0 Å². The minimum atomic E-state index is -1.57. The summed E-state index contributed by atoms with van der Waals surface area (Å²) in [6.45, 7) is 4.40. The van der Waals surface area contributed by atoms with Crippen molar-refractivity contribution in [3.05, 3.63) is 36.5 Å². The van der Waals surface area contributed by atoms with Crippen LogP contribution in [-0.2, 0) is 23.8 Å². The summed E-state index contributed by atoms with van der Waals surface area (Å²) in [6.07, 6.45) is 87.7. The molecule has 1 fully saturated rings. The molecule has 566 valence electrons. The first-order valence-electron chi connectivity index (χ1n) is 42.3. The molecule has 0 aromatic heterocycles. The van der Waals surface area contributed by atoms with Crippen LogP contribution >= 0.6 is 0 Å². The summed E-state index contributed by atoms with van der Waals surface area (Å²) < 4.78 is 16.8. The van der Waals surface area contributed by atoms with Crippen molar-refractivity contribution in [2.45, 2.75) is 474 Å². The maximum absolute atomic E-state index is 13.1. The SMILES string of the molecule is CCCCCCCCC/C=C\CCCCCCCC(=O)OCCCCCCCCCCCCCCCCCCCC/C=C\CCCCCCCCCCCCCCCCCCCC(=O)NC(COC1OC(CO)C(O)C(O)C1O)C(O)/C=C/CCCCCCCCCCCCC. The molecule has 0 radical (unpaired) electrons. The number of aliphatic hydroxyl groups is 5. The fourth-order valence-electron chi connectivity index (χ4n) is 13.6. The van der Waals surface area contributed by atoms with Gasteiger partial charge >= 0.3 is 5.97 Å². The Balaban J connectivity index is 1.87.